The van der Waals surface area contributed by atoms with Gasteiger partial charge < -0.3 is 5.32 Å². The third kappa shape index (κ3) is 3.38. The number of hydrogen-bond donors (Lipinski definition) is 1. The molecular weight excluding hydrogens is 430 g/mol. The molecule has 1 aliphatic rings. The molecule has 0 spiro atoms. The fourth-order valence-electron chi connectivity index (χ4n) is 3.02. The molecule has 0 saturated heterocycles. The maximum atomic E-state index is 12.4. The van der Waals surface area contributed by atoms with Crippen LogP contribution < -0.4 is 5.32 Å². The standard InChI is InChI=1S/C19H14BrN3O3S/c1-10-21-15-5-3-12(9-16(15)27-10)22-17(24)6-7-23-18(25)13-4-2-11(20)8-14(13)19(23)26/h2-5,8-9H,6-7H2,1H3,(H,22,24). The number of imide groups is 1. The highest BCUT2D eigenvalue weighted by molar-refractivity contribution is 9.10. The molecule has 0 atom stereocenters. The number of amides is 3. The number of thiazole rings is 1. The second-order valence-electron chi connectivity index (χ2n) is 6.17. The number of aromatic nitrogens is 1. The molecule has 0 unspecified atom stereocenters. The first-order valence-corrected chi connectivity index (χ1v) is 9.86. The Morgan fingerprint density at radius 3 is 2.74 bits per heavy atom. The zero-order valence-corrected chi connectivity index (χ0v) is 16.7. The highest BCUT2D eigenvalue weighted by Gasteiger charge is 2.35. The van der Waals surface area contributed by atoms with Crippen molar-refractivity contribution in [1.82, 2.24) is 9.88 Å². The summed E-state index contributed by atoms with van der Waals surface area (Å²) in [5.74, 6) is -0.990. The molecule has 0 radical (unpaired) electrons. The summed E-state index contributed by atoms with van der Waals surface area (Å²) in [6.07, 6.45) is 0.0341. The zero-order chi connectivity index (χ0) is 19.1. The van der Waals surface area contributed by atoms with E-state index in [-0.39, 0.29) is 30.7 Å². The number of halogens is 1. The van der Waals surface area contributed by atoms with Crippen LogP contribution in [0.15, 0.2) is 40.9 Å². The summed E-state index contributed by atoms with van der Waals surface area (Å²) in [6, 6.07) is 10.5. The number of aryl methyl sites for hydroxylation is 1. The molecule has 3 aromatic rings. The van der Waals surface area contributed by atoms with Crippen LogP contribution in [0.1, 0.15) is 32.1 Å². The lowest BCUT2D eigenvalue weighted by molar-refractivity contribution is -0.116. The monoisotopic (exact) mass is 443 g/mol. The van der Waals surface area contributed by atoms with Crippen molar-refractivity contribution in [1.29, 1.82) is 0 Å². The van der Waals surface area contributed by atoms with E-state index in [4.69, 9.17) is 0 Å². The Kier molecular flexibility index (Phi) is 4.53. The molecule has 0 aliphatic carbocycles. The van der Waals surface area contributed by atoms with E-state index in [1.165, 1.54) is 0 Å². The predicted octanol–water partition coefficient (Wildman–Crippen LogP) is 3.99. The van der Waals surface area contributed by atoms with Crippen molar-refractivity contribution in [2.24, 2.45) is 0 Å². The van der Waals surface area contributed by atoms with Crippen LogP contribution in [-0.2, 0) is 4.79 Å². The summed E-state index contributed by atoms with van der Waals surface area (Å²) in [7, 11) is 0. The van der Waals surface area contributed by atoms with Crippen molar-refractivity contribution in [2.75, 3.05) is 11.9 Å². The van der Waals surface area contributed by atoms with Crippen LogP contribution in [0.25, 0.3) is 10.2 Å². The largest absolute Gasteiger partial charge is 0.326 e. The summed E-state index contributed by atoms with van der Waals surface area (Å²) >= 11 is 4.86. The van der Waals surface area contributed by atoms with Crippen LogP contribution in [0.2, 0.25) is 0 Å². The Labute approximate surface area is 167 Å². The molecule has 1 aromatic heterocycles. The van der Waals surface area contributed by atoms with E-state index in [1.54, 1.807) is 35.6 Å². The molecule has 4 rings (SSSR count). The van der Waals surface area contributed by atoms with Crippen molar-refractivity contribution in [3.05, 3.63) is 57.0 Å². The quantitative estimate of drug-likeness (QED) is 0.618. The number of anilines is 1. The summed E-state index contributed by atoms with van der Waals surface area (Å²) in [4.78, 5) is 42.6. The Morgan fingerprint density at radius 2 is 1.93 bits per heavy atom. The van der Waals surface area contributed by atoms with E-state index in [0.29, 0.717) is 16.8 Å². The fraction of sp³-hybridized carbons (Fsp3) is 0.158. The highest BCUT2D eigenvalue weighted by Crippen LogP contribution is 2.27. The Bertz CT molecular complexity index is 1110. The molecule has 0 fully saturated rings. The van der Waals surface area contributed by atoms with E-state index >= 15 is 0 Å². The van der Waals surface area contributed by atoms with Gasteiger partial charge in [0.1, 0.15) is 0 Å². The minimum Gasteiger partial charge on any atom is -0.326 e. The number of rotatable bonds is 4. The molecule has 0 saturated carbocycles. The van der Waals surface area contributed by atoms with Crippen molar-refractivity contribution in [2.45, 2.75) is 13.3 Å². The van der Waals surface area contributed by atoms with Gasteiger partial charge in [0.2, 0.25) is 5.91 Å². The second-order valence-corrected chi connectivity index (χ2v) is 8.32. The van der Waals surface area contributed by atoms with Gasteiger partial charge in [-0.15, -0.1) is 11.3 Å². The average Bonchev–Trinajstić information content (AvgIpc) is 3.10. The van der Waals surface area contributed by atoms with Crippen LogP contribution >= 0.6 is 27.3 Å². The number of fused-ring (bicyclic) bond motifs is 2. The first-order chi connectivity index (χ1) is 12.9. The molecule has 6 nitrogen and oxygen atoms in total. The molecule has 3 amide bonds. The molecule has 2 aromatic carbocycles. The van der Waals surface area contributed by atoms with E-state index in [2.05, 4.69) is 26.2 Å². The van der Waals surface area contributed by atoms with Crippen molar-refractivity contribution >= 4 is 60.9 Å². The van der Waals surface area contributed by atoms with Gasteiger partial charge in [-0.3, -0.25) is 19.3 Å². The third-order valence-electron chi connectivity index (χ3n) is 4.27. The van der Waals surface area contributed by atoms with Crippen LogP contribution in [0, 0.1) is 6.92 Å². The van der Waals surface area contributed by atoms with E-state index in [9.17, 15) is 14.4 Å². The van der Waals surface area contributed by atoms with Gasteiger partial charge in [-0.05, 0) is 43.3 Å². The maximum Gasteiger partial charge on any atom is 0.261 e. The molecule has 8 heteroatoms. The second kappa shape index (κ2) is 6.86. The van der Waals surface area contributed by atoms with Crippen molar-refractivity contribution in [3.63, 3.8) is 0 Å². The van der Waals surface area contributed by atoms with Crippen molar-refractivity contribution in [3.8, 4) is 0 Å². The van der Waals surface area contributed by atoms with Crippen LogP contribution in [0.3, 0.4) is 0 Å². The maximum absolute atomic E-state index is 12.4. The Balaban J connectivity index is 1.41. The van der Waals surface area contributed by atoms with Gasteiger partial charge in [0, 0.05) is 23.1 Å². The number of carbonyl (C=O) groups excluding carboxylic acids is 3. The number of carbonyl (C=O) groups is 3. The Hall–Kier alpha value is -2.58. The number of benzene rings is 2. The van der Waals surface area contributed by atoms with Gasteiger partial charge in [-0.1, -0.05) is 15.9 Å². The smallest absolute Gasteiger partial charge is 0.261 e. The van der Waals surface area contributed by atoms with Gasteiger partial charge >= 0.3 is 0 Å². The first-order valence-electron chi connectivity index (χ1n) is 8.25. The van der Waals surface area contributed by atoms with E-state index in [0.717, 1.165) is 24.6 Å². The van der Waals surface area contributed by atoms with Gasteiger partial charge in [0.15, 0.2) is 0 Å². The average molecular weight is 444 g/mol. The molecule has 1 N–H and O–H groups in total. The Morgan fingerprint density at radius 1 is 1.15 bits per heavy atom. The van der Waals surface area contributed by atoms with E-state index in [1.807, 2.05) is 19.1 Å². The topological polar surface area (TPSA) is 79.4 Å². The molecular formula is C19H14BrN3O3S. The first kappa shape index (κ1) is 17.8. The van der Waals surface area contributed by atoms with Crippen LogP contribution in [0.5, 0.6) is 0 Å². The van der Waals surface area contributed by atoms with Crippen LogP contribution in [-0.4, -0.2) is 34.2 Å². The van der Waals surface area contributed by atoms with Gasteiger partial charge in [0.05, 0.1) is 26.4 Å². The minimum atomic E-state index is -0.370. The zero-order valence-electron chi connectivity index (χ0n) is 14.3. The van der Waals surface area contributed by atoms with Crippen LogP contribution in [0.4, 0.5) is 5.69 Å². The summed E-state index contributed by atoms with van der Waals surface area (Å²) in [5.41, 5.74) is 2.30. The summed E-state index contributed by atoms with van der Waals surface area (Å²) in [6.45, 7) is 1.97. The number of hydrogen-bond acceptors (Lipinski definition) is 5. The van der Waals surface area contributed by atoms with Gasteiger partial charge in [-0.2, -0.15) is 0 Å². The SMILES string of the molecule is Cc1nc2ccc(NC(=O)CCN3C(=O)c4ccc(Br)cc4C3=O)cc2s1. The molecule has 136 valence electrons. The lowest BCUT2D eigenvalue weighted by atomic mass is 10.1. The highest BCUT2D eigenvalue weighted by atomic mass is 79.9. The normalized spacial score (nSPS) is 13.3. The predicted molar refractivity (Wildman–Crippen MR) is 107 cm³/mol. The van der Waals surface area contributed by atoms with Gasteiger partial charge in [0.25, 0.3) is 11.8 Å². The molecule has 1 aliphatic heterocycles. The fourth-order valence-corrected chi connectivity index (χ4v) is 4.25. The summed E-state index contributed by atoms with van der Waals surface area (Å²) in [5, 5.41) is 3.77. The van der Waals surface area contributed by atoms with Crippen molar-refractivity contribution < 1.29 is 14.4 Å². The van der Waals surface area contributed by atoms with Gasteiger partial charge in [-0.25, -0.2) is 4.98 Å². The lowest BCUT2D eigenvalue weighted by Gasteiger charge is -2.13. The number of nitrogens with zero attached hydrogens (tertiary/aromatic N) is 2. The number of nitrogens with one attached hydrogen (secondary N) is 1. The molecule has 2 heterocycles. The molecule has 0 bridgehead atoms. The lowest BCUT2D eigenvalue weighted by Crippen LogP contribution is -2.32. The van der Waals surface area contributed by atoms with E-state index < -0.39 is 0 Å². The minimum absolute atomic E-state index is 0.0341. The molecule has 27 heavy (non-hydrogen) atoms. The summed E-state index contributed by atoms with van der Waals surface area (Å²) < 4.78 is 1.73. The third-order valence-corrected chi connectivity index (χ3v) is 5.70.